The van der Waals surface area contributed by atoms with Crippen LogP contribution in [-0.4, -0.2) is 16.7 Å². The Balaban J connectivity index is 1.98. The molecule has 2 aromatic rings. The summed E-state index contributed by atoms with van der Waals surface area (Å²) in [7, 11) is 0. The molecule has 0 heterocycles. The molecule has 0 radical (unpaired) electrons. The lowest BCUT2D eigenvalue weighted by atomic mass is 10.2. The number of amides is 2. The van der Waals surface area contributed by atoms with E-state index in [1.54, 1.807) is 24.3 Å². The number of carbonyl (C=O) groups is 2. The summed E-state index contributed by atoms with van der Waals surface area (Å²) in [6, 6.07) is 10.3. The molecule has 24 heavy (non-hydrogen) atoms. The molecule has 0 atom stereocenters. The third kappa shape index (κ3) is 4.68. The number of halogens is 2. The first-order chi connectivity index (χ1) is 11.4. The average Bonchev–Trinajstić information content (AvgIpc) is 2.55. The van der Waals surface area contributed by atoms with Crippen LogP contribution in [0.25, 0.3) is 0 Å². The molecule has 2 amide bonds. The van der Waals surface area contributed by atoms with Crippen molar-refractivity contribution >= 4 is 46.4 Å². The zero-order valence-electron chi connectivity index (χ0n) is 12.1. The second-order valence-corrected chi connectivity index (χ2v) is 5.53. The third-order valence-corrected chi connectivity index (χ3v) is 3.56. The van der Waals surface area contributed by atoms with Crippen LogP contribution in [-0.2, 0) is 16.1 Å². The zero-order valence-corrected chi connectivity index (χ0v) is 13.6. The standard InChI is InChI=1S/C15H11Cl2N3O4/c16-10-3-1-9(2-4-10)8-18-14(21)15(22)19-13-7-11(20(23)24)5-6-12(13)17/h1-7H,8H2,(H,18,21)(H,19,22). The molecule has 0 aliphatic carbocycles. The van der Waals surface area contributed by atoms with E-state index >= 15 is 0 Å². The first kappa shape index (κ1) is 17.7. The van der Waals surface area contributed by atoms with Gasteiger partial charge in [0.1, 0.15) is 0 Å². The van der Waals surface area contributed by atoms with Crippen LogP contribution in [0.5, 0.6) is 0 Å². The van der Waals surface area contributed by atoms with E-state index < -0.39 is 16.7 Å². The van der Waals surface area contributed by atoms with Crippen LogP contribution in [0.2, 0.25) is 10.0 Å². The van der Waals surface area contributed by atoms with Crippen molar-refractivity contribution in [1.29, 1.82) is 0 Å². The Bertz CT molecular complexity index is 794. The minimum absolute atomic E-state index is 0.0162. The first-order valence-electron chi connectivity index (χ1n) is 6.64. The molecule has 124 valence electrons. The van der Waals surface area contributed by atoms with Gasteiger partial charge in [0, 0.05) is 23.7 Å². The van der Waals surface area contributed by atoms with Gasteiger partial charge in [-0.1, -0.05) is 35.3 Å². The highest BCUT2D eigenvalue weighted by Gasteiger charge is 2.17. The number of nitrogens with zero attached hydrogens (tertiary/aromatic N) is 1. The van der Waals surface area contributed by atoms with Gasteiger partial charge in [0.05, 0.1) is 15.6 Å². The van der Waals surface area contributed by atoms with Crippen molar-refractivity contribution in [1.82, 2.24) is 5.32 Å². The summed E-state index contributed by atoms with van der Waals surface area (Å²) in [5.74, 6) is -1.88. The van der Waals surface area contributed by atoms with Gasteiger partial charge in [-0.2, -0.15) is 0 Å². The van der Waals surface area contributed by atoms with Gasteiger partial charge in [-0.15, -0.1) is 0 Å². The Labute approximate surface area is 146 Å². The van der Waals surface area contributed by atoms with E-state index in [2.05, 4.69) is 10.6 Å². The van der Waals surface area contributed by atoms with Crippen molar-refractivity contribution in [3.05, 3.63) is 68.2 Å². The average molecular weight is 368 g/mol. The maximum absolute atomic E-state index is 11.8. The fourth-order valence-corrected chi connectivity index (χ4v) is 2.06. The first-order valence-corrected chi connectivity index (χ1v) is 7.40. The highest BCUT2D eigenvalue weighted by atomic mass is 35.5. The summed E-state index contributed by atoms with van der Waals surface area (Å²) < 4.78 is 0. The molecule has 0 aliphatic heterocycles. The number of hydrogen-bond acceptors (Lipinski definition) is 4. The molecule has 0 aromatic heterocycles. The normalized spacial score (nSPS) is 10.1. The van der Waals surface area contributed by atoms with E-state index in [1.807, 2.05) is 0 Å². The van der Waals surface area contributed by atoms with Gasteiger partial charge in [0.15, 0.2) is 0 Å². The van der Waals surface area contributed by atoms with E-state index in [1.165, 1.54) is 12.1 Å². The molecule has 0 fully saturated rings. The summed E-state index contributed by atoms with van der Waals surface area (Å²) >= 11 is 11.6. The van der Waals surface area contributed by atoms with Gasteiger partial charge in [-0.3, -0.25) is 19.7 Å². The largest absolute Gasteiger partial charge is 0.344 e. The number of nitrogens with one attached hydrogen (secondary N) is 2. The van der Waals surface area contributed by atoms with Gasteiger partial charge in [-0.25, -0.2) is 0 Å². The summed E-state index contributed by atoms with van der Waals surface area (Å²) in [5.41, 5.74) is 0.489. The molecule has 0 aliphatic rings. The number of rotatable bonds is 4. The fraction of sp³-hybridized carbons (Fsp3) is 0.0667. The number of non-ortho nitro benzene ring substituents is 1. The van der Waals surface area contributed by atoms with Crippen LogP contribution in [0, 0.1) is 10.1 Å². The number of anilines is 1. The minimum atomic E-state index is -0.980. The number of nitro benzene ring substituents is 1. The number of benzene rings is 2. The Morgan fingerprint density at radius 2 is 1.71 bits per heavy atom. The molecular weight excluding hydrogens is 357 g/mol. The van der Waals surface area contributed by atoms with E-state index in [4.69, 9.17) is 23.2 Å². The minimum Gasteiger partial charge on any atom is -0.344 e. The zero-order chi connectivity index (χ0) is 17.7. The second-order valence-electron chi connectivity index (χ2n) is 4.68. The van der Waals surface area contributed by atoms with Crippen molar-refractivity contribution in [2.45, 2.75) is 6.54 Å². The molecule has 0 bridgehead atoms. The lowest BCUT2D eigenvalue weighted by molar-refractivity contribution is -0.384. The van der Waals surface area contributed by atoms with Crippen LogP contribution in [0.15, 0.2) is 42.5 Å². The summed E-state index contributed by atoms with van der Waals surface area (Å²) in [4.78, 5) is 33.7. The van der Waals surface area contributed by atoms with Crippen LogP contribution in [0.4, 0.5) is 11.4 Å². The summed E-state index contributed by atoms with van der Waals surface area (Å²) in [5, 5.41) is 16.0. The maximum atomic E-state index is 11.8. The SMILES string of the molecule is O=C(NCc1ccc(Cl)cc1)C(=O)Nc1cc([N+](=O)[O-])ccc1Cl. The van der Waals surface area contributed by atoms with Crippen LogP contribution >= 0.6 is 23.2 Å². The van der Waals surface area contributed by atoms with Gasteiger partial charge in [0.2, 0.25) is 0 Å². The topological polar surface area (TPSA) is 101 Å². The lowest BCUT2D eigenvalue weighted by Gasteiger charge is -2.08. The van der Waals surface area contributed by atoms with Crippen LogP contribution in [0.1, 0.15) is 5.56 Å². The number of nitro groups is 1. The van der Waals surface area contributed by atoms with E-state index in [0.717, 1.165) is 11.6 Å². The number of hydrogen-bond donors (Lipinski definition) is 2. The van der Waals surface area contributed by atoms with Gasteiger partial charge < -0.3 is 10.6 Å². The van der Waals surface area contributed by atoms with E-state index in [-0.39, 0.29) is 22.9 Å². The molecule has 2 rings (SSSR count). The molecule has 0 unspecified atom stereocenters. The molecule has 0 saturated carbocycles. The van der Waals surface area contributed by atoms with Crippen molar-refractivity contribution in [3.63, 3.8) is 0 Å². The third-order valence-electron chi connectivity index (χ3n) is 2.98. The predicted octanol–water partition coefficient (Wildman–Crippen LogP) is 3.16. The maximum Gasteiger partial charge on any atom is 0.313 e. The number of carbonyl (C=O) groups excluding carboxylic acids is 2. The lowest BCUT2D eigenvalue weighted by Crippen LogP contribution is -2.35. The molecule has 7 nitrogen and oxygen atoms in total. The van der Waals surface area contributed by atoms with Crippen LogP contribution < -0.4 is 10.6 Å². The molecule has 2 N–H and O–H groups in total. The Hall–Kier alpha value is -2.64. The van der Waals surface area contributed by atoms with Crippen molar-refractivity contribution < 1.29 is 14.5 Å². The molecule has 9 heteroatoms. The molecular formula is C15H11Cl2N3O4. The van der Waals surface area contributed by atoms with Crippen molar-refractivity contribution in [2.75, 3.05) is 5.32 Å². The van der Waals surface area contributed by atoms with Gasteiger partial charge >= 0.3 is 11.8 Å². The predicted molar refractivity (Wildman–Crippen MR) is 90.0 cm³/mol. The molecule has 2 aromatic carbocycles. The Morgan fingerprint density at radius 1 is 1.04 bits per heavy atom. The molecule has 0 saturated heterocycles. The highest BCUT2D eigenvalue weighted by Crippen LogP contribution is 2.26. The highest BCUT2D eigenvalue weighted by molar-refractivity contribution is 6.41. The van der Waals surface area contributed by atoms with E-state index in [0.29, 0.717) is 5.02 Å². The summed E-state index contributed by atoms with van der Waals surface area (Å²) in [6.45, 7) is 0.131. The fourth-order valence-electron chi connectivity index (χ4n) is 1.77. The van der Waals surface area contributed by atoms with E-state index in [9.17, 15) is 19.7 Å². The quantitative estimate of drug-likeness (QED) is 0.492. The Kier molecular flexibility index (Phi) is 5.73. The monoisotopic (exact) mass is 367 g/mol. The van der Waals surface area contributed by atoms with Gasteiger partial charge in [-0.05, 0) is 23.8 Å². The van der Waals surface area contributed by atoms with Crippen molar-refractivity contribution in [3.8, 4) is 0 Å². The Morgan fingerprint density at radius 3 is 2.33 bits per heavy atom. The second kappa shape index (κ2) is 7.76. The van der Waals surface area contributed by atoms with Crippen molar-refractivity contribution in [2.24, 2.45) is 0 Å². The van der Waals surface area contributed by atoms with Gasteiger partial charge in [0.25, 0.3) is 5.69 Å². The summed E-state index contributed by atoms with van der Waals surface area (Å²) in [6.07, 6.45) is 0. The smallest absolute Gasteiger partial charge is 0.313 e. The molecule has 0 spiro atoms. The van der Waals surface area contributed by atoms with Crippen LogP contribution in [0.3, 0.4) is 0 Å².